The number of amides is 2. The summed E-state index contributed by atoms with van der Waals surface area (Å²) in [4.78, 5) is 28.2. The Bertz CT molecular complexity index is 641. The smallest absolute Gasteiger partial charge is 0.252 e. The van der Waals surface area contributed by atoms with Crippen molar-refractivity contribution in [3.05, 3.63) is 29.8 Å². The highest BCUT2D eigenvalue weighted by Crippen LogP contribution is 2.26. The minimum absolute atomic E-state index is 0.0110. The number of rotatable bonds is 6. The highest BCUT2D eigenvalue weighted by molar-refractivity contribution is 8.00. The second-order valence-electron chi connectivity index (χ2n) is 7.44. The van der Waals surface area contributed by atoms with Crippen molar-refractivity contribution < 1.29 is 9.59 Å². The highest BCUT2D eigenvalue weighted by Gasteiger charge is 2.23. The lowest BCUT2D eigenvalue weighted by molar-refractivity contribution is -0.129. The first kappa shape index (κ1) is 20.6. The van der Waals surface area contributed by atoms with Crippen molar-refractivity contribution >= 4 is 35.3 Å². The van der Waals surface area contributed by atoms with Crippen LogP contribution in [0.5, 0.6) is 0 Å². The third kappa shape index (κ3) is 5.92. The summed E-state index contributed by atoms with van der Waals surface area (Å²) in [6, 6.07) is 8.30. The molecule has 1 heterocycles. The molecule has 0 radical (unpaired) electrons. The van der Waals surface area contributed by atoms with Gasteiger partial charge >= 0.3 is 0 Å². The summed E-state index contributed by atoms with van der Waals surface area (Å²) in [7, 11) is 1.93. The largest absolute Gasteiger partial charge is 0.349 e. The van der Waals surface area contributed by atoms with Crippen molar-refractivity contribution in [2.45, 2.75) is 61.9 Å². The third-order valence-corrected chi connectivity index (χ3v) is 7.66. The average Bonchev–Trinajstić information content (AvgIpc) is 2.73. The van der Waals surface area contributed by atoms with Gasteiger partial charge in [0.1, 0.15) is 0 Å². The monoisotopic (exact) mass is 406 g/mol. The molecule has 1 saturated carbocycles. The van der Waals surface area contributed by atoms with Gasteiger partial charge in [0.05, 0.1) is 11.3 Å². The van der Waals surface area contributed by atoms with Gasteiger partial charge in [0.15, 0.2) is 0 Å². The van der Waals surface area contributed by atoms with Crippen LogP contribution >= 0.6 is 23.5 Å². The van der Waals surface area contributed by atoms with Crippen LogP contribution in [0.2, 0.25) is 0 Å². The van der Waals surface area contributed by atoms with E-state index in [0.717, 1.165) is 42.1 Å². The van der Waals surface area contributed by atoms with Gasteiger partial charge in [-0.2, -0.15) is 11.8 Å². The van der Waals surface area contributed by atoms with E-state index in [4.69, 9.17) is 0 Å². The van der Waals surface area contributed by atoms with E-state index in [-0.39, 0.29) is 17.9 Å². The number of nitrogens with one attached hydrogen (secondary N) is 1. The van der Waals surface area contributed by atoms with Gasteiger partial charge in [-0.3, -0.25) is 9.59 Å². The maximum atomic E-state index is 12.7. The summed E-state index contributed by atoms with van der Waals surface area (Å²) in [5.41, 5.74) is 0.689. The van der Waals surface area contributed by atoms with Crippen molar-refractivity contribution in [1.82, 2.24) is 10.2 Å². The van der Waals surface area contributed by atoms with Crippen LogP contribution in [0.1, 0.15) is 55.3 Å². The second kappa shape index (κ2) is 10.4. The van der Waals surface area contributed by atoms with Gasteiger partial charge in [-0.15, -0.1) is 11.8 Å². The van der Waals surface area contributed by atoms with E-state index < -0.39 is 0 Å². The molecular weight excluding hydrogens is 376 g/mol. The zero-order valence-corrected chi connectivity index (χ0v) is 17.7. The molecule has 2 aliphatic rings. The van der Waals surface area contributed by atoms with Crippen molar-refractivity contribution in [2.24, 2.45) is 0 Å². The quantitative estimate of drug-likeness (QED) is 0.720. The molecule has 2 amide bonds. The maximum Gasteiger partial charge on any atom is 0.252 e. The van der Waals surface area contributed by atoms with Crippen molar-refractivity contribution in [3.63, 3.8) is 0 Å². The molecule has 1 saturated heterocycles. The Morgan fingerprint density at radius 2 is 1.81 bits per heavy atom. The fourth-order valence-corrected chi connectivity index (χ4v) is 5.88. The van der Waals surface area contributed by atoms with E-state index >= 15 is 0 Å². The van der Waals surface area contributed by atoms with E-state index in [0.29, 0.717) is 17.4 Å². The van der Waals surface area contributed by atoms with Gasteiger partial charge in [-0.05, 0) is 49.3 Å². The average molecular weight is 407 g/mol. The normalized spacial score (nSPS) is 18.9. The first-order valence-electron chi connectivity index (χ1n) is 10.0. The van der Waals surface area contributed by atoms with Gasteiger partial charge in [0.2, 0.25) is 5.91 Å². The van der Waals surface area contributed by atoms with Crippen LogP contribution in [-0.2, 0) is 4.79 Å². The van der Waals surface area contributed by atoms with Crippen molar-refractivity contribution in [1.29, 1.82) is 0 Å². The van der Waals surface area contributed by atoms with E-state index in [2.05, 4.69) is 5.32 Å². The molecule has 6 heteroatoms. The van der Waals surface area contributed by atoms with Gasteiger partial charge in [0, 0.05) is 24.0 Å². The Hall–Kier alpha value is -1.14. The lowest BCUT2D eigenvalue weighted by atomic mass is 9.94. The third-order valence-electron chi connectivity index (χ3n) is 5.56. The first-order valence-corrected chi connectivity index (χ1v) is 12.2. The molecule has 0 atom stereocenters. The van der Waals surface area contributed by atoms with Crippen LogP contribution in [0, 0.1) is 0 Å². The number of hydrogen-bond donors (Lipinski definition) is 1. The summed E-state index contributed by atoms with van der Waals surface area (Å²) >= 11 is 3.43. The van der Waals surface area contributed by atoms with Crippen LogP contribution in [0.25, 0.3) is 0 Å². The predicted octanol–water partition coefficient (Wildman–Crippen LogP) is 4.20. The van der Waals surface area contributed by atoms with Gasteiger partial charge < -0.3 is 10.2 Å². The highest BCUT2D eigenvalue weighted by atomic mass is 32.2. The first-order chi connectivity index (χ1) is 13.1. The van der Waals surface area contributed by atoms with E-state index in [9.17, 15) is 9.59 Å². The topological polar surface area (TPSA) is 49.4 Å². The summed E-state index contributed by atoms with van der Waals surface area (Å²) < 4.78 is 0. The molecule has 1 aliphatic carbocycles. The Morgan fingerprint density at radius 3 is 2.56 bits per heavy atom. The molecule has 0 bridgehead atoms. The number of thioether (sulfide) groups is 2. The lowest BCUT2D eigenvalue weighted by Crippen LogP contribution is -2.39. The Kier molecular flexibility index (Phi) is 7.94. The number of nitrogens with zero attached hydrogens (tertiary/aromatic N) is 1. The maximum absolute atomic E-state index is 12.7. The van der Waals surface area contributed by atoms with Crippen LogP contribution in [0.4, 0.5) is 0 Å². The predicted molar refractivity (Wildman–Crippen MR) is 115 cm³/mol. The SMILES string of the molecule is CN(C(=O)CSc1ccccc1C(=O)NC1CCSCC1)C1CCCCC1. The summed E-state index contributed by atoms with van der Waals surface area (Å²) in [5, 5.41) is 3.18. The molecule has 3 rings (SSSR count). The Balaban J connectivity index is 1.56. The van der Waals surface area contributed by atoms with Crippen molar-refractivity contribution in [3.8, 4) is 0 Å². The molecule has 1 N–H and O–H groups in total. The number of carbonyl (C=O) groups excluding carboxylic acids is 2. The second-order valence-corrected chi connectivity index (χ2v) is 9.68. The fourth-order valence-electron chi connectivity index (χ4n) is 3.80. The van der Waals surface area contributed by atoms with Crippen molar-refractivity contribution in [2.75, 3.05) is 24.3 Å². The molecule has 0 spiro atoms. The Labute approximate surface area is 171 Å². The molecule has 2 fully saturated rings. The van der Waals surface area contributed by atoms with Crippen LogP contribution in [-0.4, -0.2) is 53.1 Å². The fraction of sp³-hybridized carbons (Fsp3) is 0.619. The summed E-state index contributed by atoms with van der Waals surface area (Å²) in [5.74, 6) is 2.76. The molecule has 1 aliphatic heterocycles. The van der Waals surface area contributed by atoms with Crippen LogP contribution < -0.4 is 5.32 Å². The standard InChI is InChI=1S/C21H30N2O2S2/c1-23(17-7-3-2-4-8-17)20(24)15-27-19-10-6-5-9-18(19)21(25)22-16-11-13-26-14-12-16/h5-6,9-10,16-17H,2-4,7-8,11-15H2,1H3,(H,22,25). The molecule has 27 heavy (non-hydrogen) atoms. The zero-order valence-electron chi connectivity index (χ0n) is 16.1. The zero-order chi connectivity index (χ0) is 19.1. The summed E-state index contributed by atoms with van der Waals surface area (Å²) in [6.07, 6.45) is 8.04. The number of benzene rings is 1. The van der Waals surface area contributed by atoms with Crippen LogP contribution in [0.3, 0.4) is 0 Å². The van der Waals surface area contributed by atoms with Gasteiger partial charge in [0.25, 0.3) is 5.91 Å². The molecule has 0 aromatic heterocycles. The van der Waals surface area contributed by atoms with Crippen LogP contribution in [0.15, 0.2) is 29.2 Å². The molecule has 148 valence electrons. The molecule has 0 unspecified atom stereocenters. The Morgan fingerprint density at radius 1 is 1.11 bits per heavy atom. The van der Waals surface area contributed by atoms with E-state index in [1.54, 1.807) is 0 Å². The van der Waals surface area contributed by atoms with Gasteiger partial charge in [-0.1, -0.05) is 31.4 Å². The number of carbonyl (C=O) groups is 2. The minimum atomic E-state index is -0.0110. The molecular formula is C21H30N2O2S2. The van der Waals surface area contributed by atoms with E-state index in [1.165, 1.54) is 31.0 Å². The molecule has 1 aromatic rings. The minimum Gasteiger partial charge on any atom is -0.349 e. The van der Waals surface area contributed by atoms with Gasteiger partial charge in [-0.25, -0.2) is 0 Å². The van der Waals surface area contributed by atoms with E-state index in [1.807, 2.05) is 48.0 Å². The number of hydrogen-bond acceptors (Lipinski definition) is 4. The molecule has 4 nitrogen and oxygen atoms in total. The summed E-state index contributed by atoms with van der Waals surface area (Å²) in [6.45, 7) is 0. The molecule has 1 aromatic carbocycles. The lowest BCUT2D eigenvalue weighted by Gasteiger charge is -2.31.